The molecule has 0 amide bonds. The maximum Gasteiger partial charge on any atom is 0.494 e. The molecule has 248 valence electrons. The zero-order valence-corrected chi connectivity index (χ0v) is 29.3. The maximum absolute atomic E-state index is 6.70. The Balaban J connectivity index is 1.31. The van der Waals surface area contributed by atoms with Gasteiger partial charge in [-0.15, -0.1) is 0 Å². The van der Waals surface area contributed by atoms with Gasteiger partial charge in [0, 0.05) is 16.8 Å². The average Bonchev–Trinajstić information content (AvgIpc) is 3.64. The number of hydrogen-bond donors (Lipinski definition) is 0. The average molecular weight is 664 g/mol. The van der Waals surface area contributed by atoms with Crippen LogP contribution < -0.4 is 10.4 Å². The fraction of sp³-hybridized carbons (Fsp3) is 0.130. The molecule has 5 heteroatoms. The third-order valence-corrected chi connectivity index (χ3v) is 10.7. The van der Waals surface area contributed by atoms with E-state index in [4.69, 9.17) is 13.7 Å². The summed E-state index contributed by atoms with van der Waals surface area (Å²) >= 11 is 0. The zero-order valence-electron chi connectivity index (χ0n) is 29.3. The molecule has 0 N–H and O–H groups in total. The van der Waals surface area contributed by atoms with E-state index < -0.39 is 18.3 Å². The fourth-order valence-corrected chi connectivity index (χ4v) is 7.31. The lowest BCUT2D eigenvalue weighted by molar-refractivity contribution is 0.00578. The summed E-state index contributed by atoms with van der Waals surface area (Å²) in [6.07, 6.45) is 0. The lowest BCUT2D eigenvalue weighted by atomic mass is 9.77. The van der Waals surface area contributed by atoms with Gasteiger partial charge in [-0.3, -0.25) is 0 Å². The quantitative estimate of drug-likeness (QED) is 0.166. The van der Waals surface area contributed by atoms with Gasteiger partial charge in [-0.2, -0.15) is 0 Å². The molecule has 1 aromatic heterocycles. The summed E-state index contributed by atoms with van der Waals surface area (Å²) < 4.78 is 19.8. The van der Waals surface area contributed by atoms with Crippen LogP contribution in [0.3, 0.4) is 0 Å². The van der Waals surface area contributed by atoms with E-state index in [0.29, 0.717) is 0 Å². The minimum atomic E-state index is -0.545. The summed E-state index contributed by atoms with van der Waals surface area (Å²) in [6, 6.07) is 55.8. The van der Waals surface area contributed by atoms with E-state index >= 15 is 0 Å². The lowest BCUT2D eigenvalue weighted by Crippen LogP contribution is -2.41. The third kappa shape index (κ3) is 5.41. The number of rotatable bonds is 6. The number of fused-ring (bicyclic) bond motifs is 4. The largest absolute Gasteiger partial charge is 0.494 e. The minimum absolute atomic E-state index is 0.485. The highest BCUT2D eigenvalue weighted by atomic mass is 16.7. The van der Waals surface area contributed by atoms with Crippen LogP contribution in [0.4, 0.5) is 17.1 Å². The number of nitrogens with zero attached hydrogens (tertiary/aromatic N) is 1. The van der Waals surface area contributed by atoms with Crippen LogP contribution in [-0.2, 0) is 9.31 Å². The molecule has 0 spiro atoms. The Morgan fingerprint density at radius 3 is 1.90 bits per heavy atom. The highest BCUT2D eigenvalue weighted by molar-refractivity contribution is 6.62. The highest BCUT2D eigenvalue weighted by Crippen LogP contribution is 2.45. The Morgan fingerprint density at radius 2 is 1.12 bits per heavy atom. The van der Waals surface area contributed by atoms with Crippen LogP contribution in [-0.4, -0.2) is 18.3 Å². The third-order valence-electron chi connectivity index (χ3n) is 10.7. The predicted molar refractivity (Wildman–Crippen MR) is 212 cm³/mol. The second kappa shape index (κ2) is 12.0. The number of anilines is 3. The van der Waals surface area contributed by atoms with Gasteiger partial charge in [0.2, 0.25) is 0 Å². The fourth-order valence-electron chi connectivity index (χ4n) is 7.31. The Bertz CT molecular complexity index is 2530. The second-order valence-electron chi connectivity index (χ2n) is 14.4. The molecular weight excluding hydrogens is 625 g/mol. The molecule has 0 saturated carbocycles. The Kier molecular flexibility index (Phi) is 7.39. The molecule has 1 fully saturated rings. The first-order chi connectivity index (χ1) is 24.8. The molecule has 0 bridgehead atoms. The van der Waals surface area contributed by atoms with Gasteiger partial charge < -0.3 is 18.6 Å². The first-order valence-corrected chi connectivity index (χ1v) is 17.6. The molecule has 0 aliphatic carbocycles. The van der Waals surface area contributed by atoms with Gasteiger partial charge in [0.15, 0.2) is 0 Å². The first kappa shape index (κ1) is 31.4. The van der Waals surface area contributed by atoms with Crippen molar-refractivity contribution in [2.24, 2.45) is 0 Å². The summed E-state index contributed by atoms with van der Waals surface area (Å²) in [5.74, 6) is 0. The van der Waals surface area contributed by atoms with Crippen LogP contribution in [0.1, 0.15) is 27.7 Å². The van der Waals surface area contributed by atoms with E-state index in [1.54, 1.807) is 0 Å². The zero-order chi connectivity index (χ0) is 34.7. The van der Waals surface area contributed by atoms with E-state index in [2.05, 4.69) is 178 Å². The summed E-state index contributed by atoms with van der Waals surface area (Å²) in [5.41, 5.74) is 9.33. The monoisotopic (exact) mass is 663 g/mol. The van der Waals surface area contributed by atoms with Crippen LogP contribution in [0.2, 0.25) is 0 Å². The van der Waals surface area contributed by atoms with Crippen molar-refractivity contribution < 1.29 is 13.7 Å². The van der Waals surface area contributed by atoms with E-state index in [9.17, 15) is 0 Å². The topological polar surface area (TPSA) is 34.8 Å². The van der Waals surface area contributed by atoms with Gasteiger partial charge in [0.1, 0.15) is 11.2 Å². The van der Waals surface area contributed by atoms with E-state index in [1.807, 2.05) is 12.1 Å². The first-order valence-electron chi connectivity index (χ1n) is 17.6. The Hall–Kier alpha value is -5.62. The molecule has 8 aromatic rings. The number of hydrogen-bond acceptors (Lipinski definition) is 4. The minimum Gasteiger partial charge on any atom is -0.456 e. The van der Waals surface area contributed by atoms with Crippen molar-refractivity contribution in [1.29, 1.82) is 0 Å². The number of benzene rings is 7. The molecule has 51 heavy (non-hydrogen) atoms. The van der Waals surface area contributed by atoms with Gasteiger partial charge in [0.05, 0.1) is 22.3 Å². The van der Waals surface area contributed by atoms with Crippen LogP contribution in [0.15, 0.2) is 162 Å². The van der Waals surface area contributed by atoms with Crippen molar-refractivity contribution >= 4 is 62.4 Å². The van der Waals surface area contributed by atoms with E-state index in [0.717, 1.165) is 61.2 Å². The molecular formula is C46H38BNO3. The molecule has 1 saturated heterocycles. The summed E-state index contributed by atoms with van der Waals surface area (Å²) in [5, 5.41) is 4.53. The van der Waals surface area contributed by atoms with E-state index in [1.165, 1.54) is 16.3 Å². The van der Waals surface area contributed by atoms with Gasteiger partial charge in [0.25, 0.3) is 0 Å². The number of para-hydroxylation sites is 1. The Labute approximate surface area is 299 Å². The van der Waals surface area contributed by atoms with E-state index in [-0.39, 0.29) is 0 Å². The molecule has 2 heterocycles. The SMILES string of the molecule is CC1(C)OB(c2cc(-c3cccc4ccccc34)cc(N(c3ccc(-c4ccccc4)cc3)c3cccc4oc5ccccc5c34)c2)OC1(C)C. The van der Waals surface area contributed by atoms with Gasteiger partial charge in [-0.25, -0.2) is 0 Å². The van der Waals surface area contributed by atoms with Crippen LogP contribution in [0, 0.1) is 0 Å². The maximum atomic E-state index is 6.70. The summed E-state index contributed by atoms with van der Waals surface area (Å²) in [7, 11) is -0.545. The van der Waals surface area contributed by atoms with Crippen LogP contribution >= 0.6 is 0 Å². The van der Waals surface area contributed by atoms with Crippen molar-refractivity contribution in [3.8, 4) is 22.3 Å². The summed E-state index contributed by atoms with van der Waals surface area (Å²) in [4.78, 5) is 2.35. The van der Waals surface area contributed by atoms with Gasteiger partial charge in [-0.1, -0.05) is 115 Å². The van der Waals surface area contributed by atoms with Crippen molar-refractivity contribution in [2.45, 2.75) is 38.9 Å². The highest BCUT2D eigenvalue weighted by Gasteiger charge is 2.52. The van der Waals surface area contributed by atoms with Crippen molar-refractivity contribution in [3.63, 3.8) is 0 Å². The van der Waals surface area contributed by atoms with Crippen molar-refractivity contribution in [1.82, 2.24) is 0 Å². The van der Waals surface area contributed by atoms with Gasteiger partial charge >= 0.3 is 7.12 Å². The molecule has 1 aliphatic rings. The smallest absolute Gasteiger partial charge is 0.456 e. The lowest BCUT2D eigenvalue weighted by Gasteiger charge is -2.32. The predicted octanol–water partition coefficient (Wildman–Crippen LogP) is 11.8. The number of furan rings is 1. The normalized spacial score (nSPS) is 15.2. The van der Waals surface area contributed by atoms with Crippen LogP contribution in [0.5, 0.6) is 0 Å². The molecule has 0 radical (unpaired) electrons. The summed E-state index contributed by atoms with van der Waals surface area (Å²) in [6.45, 7) is 8.42. The standard InChI is InChI=1S/C46H38BNO3/c1-45(2)46(3,4)51-47(50-45)35-28-34(39-20-12-17-33-16-8-9-18-38(33)39)29-37(30-35)48(36-26-24-32(25-27-36)31-14-6-5-7-15-31)41-21-13-23-43-44(41)40-19-10-11-22-42(40)49-43/h5-30H,1-4H3. The van der Waals surface area contributed by atoms with Crippen LogP contribution in [0.25, 0.3) is 55.0 Å². The molecule has 1 aliphatic heterocycles. The molecule has 9 rings (SSSR count). The second-order valence-corrected chi connectivity index (χ2v) is 14.4. The molecule has 7 aromatic carbocycles. The van der Waals surface area contributed by atoms with Crippen molar-refractivity contribution in [3.05, 3.63) is 158 Å². The molecule has 4 nitrogen and oxygen atoms in total. The Morgan fingerprint density at radius 1 is 0.490 bits per heavy atom. The van der Waals surface area contributed by atoms with Crippen molar-refractivity contribution in [2.75, 3.05) is 4.90 Å². The molecule has 0 unspecified atom stereocenters. The van der Waals surface area contributed by atoms with Gasteiger partial charge in [-0.05, 0) is 109 Å². The molecule has 0 atom stereocenters.